The van der Waals surface area contributed by atoms with E-state index in [1.54, 1.807) is 11.5 Å². The second-order valence-electron chi connectivity index (χ2n) is 5.25. The Kier molecular flexibility index (Phi) is 2.92. The summed E-state index contributed by atoms with van der Waals surface area (Å²) in [6.45, 7) is 7.36. The van der Waals surface area contributed by atoms with Crippen molar-refractivity contribution >= 4 is 0 Å². The van der Waals surface area contributed by atoms with Gasteiger partial charge in [0, 0.05) is 5.54 Å². The molecule has 1 aromatic heterocycles. The van der Waals surface area contributed by atoms with Crippen LogP contribution in [0.4, 0.5) is 8.78 Å². The number of aryl methyl sites for hydroxylation is 1. The van der Waals surface area contributed by atoms with E-state index in [4.69, 9.17) is 0 Å². The van der Waals surface area contributed by atoms with Gasteiger partial charge in [0.2, 0.25) is 0 Å². The number of hydrogen-bond acceptors (Lipinski definition) is 2. The van der Waals surface area contributed by atoms with Crippen LogP contribution in [0.1, 0.15) is 26.3 Å². The second-order valence-corrected chi connectivity index (χ2v) is 5.25. The molecule has 0 saturated heterocycles. The zero-order valence-corrected chi connectivity index (χ0v) is 10.8. The molecule has 2 aromatic rings. The molecule has 0 spiro atoms. The van der Waals surface area contributed by atoms with E-state index < -0.39 is 11.6 Å². The van der Waals surface area contributed by atoms with Crippen LogP contribution in [0.5, 0.6) is 0 Å². The monoisotopic (exact) mass is 251 g/mol. The van der Waals surface area contributed by atoms with Crippen LogP contribution in [0.25, 0.3) is 11.4 Å². The summed E-state index contributed by atoms with van der Waals surface area (Å²) in [6, 6.07) is 2.65. The zero-order valence-electron chi connectivity index (χ0n) is 10.8. The molecule has 1 heterocycles. The molecular weight excluding hydrogens is 236 g/mol. The Bertz CT molecular complexity index is 582. The quantitative estimate of drug-likeness (QED) is 0.778. The third kappa shape index (κ3) is 2.00. The molecule has 0 aliphatic carbocycles. The summed E-state index contributed by atoms with van der Waals surface area (Å²) in [7, 11) is 0. The van der Waals surface area contributed by atoms with Crippen molar-refractivity contribution in [2.24, 2.45) is 0 Å². The summed E-state index contributed by atoms with van der Waals surface area (Å²) < 4.78 is 29.6. The topological polar surface area (TPSA) is 30.7 Å². The summed E-state index contributed by atoms with van der Waals surface area (Å²) >= 11 is 0. The first-order valence-corrected chi connectivity index (χ1v) is 5.68. The first kappa shape index (κ1) is 12.7. The number of benzene rings is 1. The maximum atomic E-state index is 14.1. The number of aromatic nitrogens is 3. The lowest BCUT2D eigenvalue weighted by Crippen LogP contribution is -2.22. The highest BCUT2D eigenvalue weighted by Crippen LogP contribution is 2.29. The lowest BCUT2D eigenvalue weighted by atomic mass is 10.1. The first-order valence-electron chi connectivity index (χ1n) is 5.68. The van der Waals surface area contributed by atoms with E-state index in [-0.39, 0.29) is 16.9 Å². The minimum atomic E-state index is -0.628. The largest absolute Gasteiger partial charge is 0.308 e. The standard InChI is InChI=1S/C13H15F2N3/c1-8-5-6-9(14)10(11(8)15)12-17-16-7-18(12)13(2,3)4/h5-7H,1-4H3. The molecular formula is C13H15F2N3. The third-order valence-corrected chi connectivity index (χ3v) is 2.78. The van der Waals surface area contributed by atoms with Gasteiger partial charge in [-0.2, -0.15) is 0 Å². The molecule has 3 nitrogen and oxygen atoms in total. The van der Waals surface area contributed by atoms with Gasteiger partial charge in [-0.3, -0.25) is 0 Å². The Morgan fingerprint density at radius 1 is 1.17 bits per heavy atom. The predicted molar refractivity (Wildman–Crippen MR) is 65.1 cm³/mol. The summed E-state index contributed by atoms with van der Waals surface area (Å²) in [5.41, 5.74) is -0.0844. The Morgan fingerprint density at radius 3 is 2.44 bits per heavy atom. The molecule has 0 aliphatic heterocycles. The lowest BCUT2D eigenvalue weighted by molar-refractivity contribution is 0.398. The van der Waals surface area contributed by atoms with Crippen molar-refractivity contribution in [1.82, 2.24) is 14.8 Å². The Balaban J connectivity index is 2.71. The average Bonchev–Trinajstić information content (AvgIpc) is 2.73. The third-order valence-electron chi connectivity index (χ3n) is 2.78. The van der Waals surface area contributed by atoms with Gasteiger partial charge >= 0.3 is 0 Å². The molecule has 0 bridgehead atoms. The summed E-state index contributed by atoms with van der Waals surface area (Å²) in [5.74, 6) is -1.01. The Morgan fingerprint density at radius 2 is 1.83 bits per heavy atom. The average molecular weight is 251 g/mol. The molecule has 0 atom stereocenters. The van der Waals surface area contributed by atoms with Gasteiger partial charge in [-0.1, -0.05) is 6.07 Å². The fourth-order valence-corrected chi connectivity index (χ4v) is 1.76. The van der Waals surface area contributed by atoms with E-state index in [1.165, 1.54) is 18.5 Å². The van der Waals surface area contributed by atoms with Gasteiger partial charge in [-0.15, -0.1) is 10.2 Å². The molecule has 0 amide bonds. The fourth-order valence-electron chi connectivity index (χ4n) is 1.76. The van der Waals surface area contributed by atoms with Crippen LogP contribution in [0, 0.1) is 18.6 Å². The van der Waals surface area contributed by atoms with Gasteiger partial charge < -0.3 is 4.57 Å². The molecule has 0 unspecified atom stereocenters. The van der Waals surface area contributed by atoms with Crippen LogP contribution in [-0.2, 0) is 5.54 Å². The van der Waals surface area contributed by atoms with Crippen LogP contribution in [0.3, 0.4) is 0 Å². The van der Waals surface area contributed by atoms with Crippen LogP contribution < -0.4 is 0 Å². The van der Waals surface area contributed by atoms with Crippen LogP contribution >= 0.6 is 0 Å². The van der Waals surface area contributed by atoms with Crippen molar-refractivity contribution in [3.8, 4) is 11.4 Å². The molecule has 0 fully saturated rings. The van der Waals surface area contributed by atoms with Gasteiger partial charge in [-0.25, -0.2) is 8.78 Å². The normalized spacial score (nSPS) is 11.9. The van der Waals surface area contributed by atoms with Gasteiger partial charge in [0.1, 0.15) is 18.0 Å². The van der Waals surface area contributed by atoms with Crippen molar-refractivity contribution in [3.05, 3.63) is 35.7 Å². The highest BCUT2D eigenvalue weighted by molar-refractivity contribution is 5.58. The minimum absolute atomic E-state index is 0.123. The highest BCUT2D eigenvalue weighted by atomic mass is 19.1. The molecule has 96 valence electrons. The van der Waals surface area contributed by atoms with Crippen molar-refractivity contribution in [2.75, 3.05) is 0 Å². The molecule has 18 heavy (non-hydrogen) atoms. The minimum Gasteiger partial charge on any atom is -0.308 e. The highest BCUT2D eigenvalue weighted by Gasteiger charge is 2.24. The number of nitrogens with zero attached hydrogens (tertiary/aromatic N) is 3. The first-order chi connectivity index (χ1) is 8.32. The van der Waals surface area contributed by atoms with E-state index in [9.17, 15) is 8.78 Å². The molecule has 0 N–H and O–H groups in total. The number of halogens is 2. The van der Waals surface area contributed by atoms with Crippen molar-refractivity contribution in [2.45, 2.75) is 33.2 Å². The van der Waals surface area contributed by atoms with E-state index in [0.29, 0.717) is 5.56 Å². The molecule has 0 saturated carbocycles. The van der Waals surface area contributed by atoms with E-state index in [1.807, 2.05) is 20.8 Å². The van der Waals surface area contributed by atoms with Crippen LogP contribution in [-0.4, -0.2) is 14.8 Å². The summed E-state index contributed by atoms with van der Waals surface area (Å²) in [5, 5.41) is 7.61. The Labute approximate surface area is 104 Å². The van der Waals surface area contributed by atoms with E-state index in [2.05, 4.69) is 10.2 Å². The van der Waals surface area contributed by atoms with Crippen LogP contribution in [0.15, 0.2) is 18.5 Å². The molecule has 1 aromatic carbocycles. The molecule has 5 heteroatoms. The fraction of sp³-hybridized carbons (Fsp3) is 0.385. The summed E-state index contributed by atoms with van der Waals surface area (Å²) in [6.07, 6.45) is 1.48. The number of rotatable bonds is 1. The number of hydrogen-bond donors (Lipinski definition) is 0. The zero-order chi connectivity index (χ0) is 13.5. The van der Waals surface area contributed by atoms with Gasteiger partial charge in [0.05, 0.1) is 5.56 Å². The summed E-state index contributed by atoms with van der Waals surface area (Å²) in [4.78, 5) is 0. The van der Waals surface area contributed by atoms with Crippen molar-refractivity contribution < 1.29 is 8.78 Å². The smallest absolute Gasteiger partial charge is 0.170 e. The van der Waals surface area contributed by atoms with E-state index in [0.717, 1.165) is 0 Å². The van der Waals surface area contributed by atoms with Gasteiger partial charge in [-0.05, 0) is 39.3 Å². The molecule has 0 radical (unpaired) electrons. The van der Waals surface area contributed by atoms with Crippen LogP contribution in [0.2, 0.25) is 0 Å². The van der Waals surface area contributed by atoms with Gasteiger partial charge in [0.15, 0.2) is 5.82 Å². The molecule has 0 aliphatic rings. The Hall–Kier alpha value is -1.78. The van der Waals surface area contributed by atoms with E-state index >= 15 is 0 Å². The van der Waals surface area contributed by atoms with Crippen molar-refractivity contribution in [3.63, 3.8) is 0 Å². The predicted octanol–water partition coefficient (Wildman–Crippen LogP) is 3.29. The molecule has 2 rings (SSSR count). The van der Waals surface area contributed by atoms with Gasteiger partial charge in [0.25, 0.3) is 0 Å². The van der Waals surface area contributed by atoms with Crippen molar-refractivity contribution in [1.29, 1.82) is 0 Å². The maximum absolute atomic E-state index is 14.1. The SMILES string of the molecule is Cc1ccc(F)c(-c2nncn2C(C)(C)C)c1F. The second kappa shape index (κ2) is 4.15. The lowest BCUT2D eigenvalue weighted by Gasteiger charge is -2.22. The maximum Gasteiger partial charge on any atom is 0.170 e.